The van der Waals surface area contributed by atoms with E-state index in [0.717, 1.165) is 0 Å². The summed E-state index contributed by atoms with van der Waals surface area (Å²) in [5.74, 6) is 5.82. The zero-order valence-electron chi connectivity index (χ0n) is 6.00. The second kappa shape index (κ2) is 4.00. The highest BCUT2D eigenvalue weighted by Gasteiger charge is 2.00. The molecule has 0 heterocycles. The Bertz CT molecular complexity index is 125. The van der Waals surface area contributed by atoms with E-state index in [1.54, 1.807) is 7.05 Å². The number of rotatable bonds is 1. The Morgan fingerprint density at radius 2 is 2.00 bits per heavy atom. The van der Waals surface area contributed by atoms with Crippen molar-refractivity contribution >= 4 is 5.84 Å². The summed E-state index contributed by atoms with van der Waals surface area (Å²) >= 11 is 0. The van der Waals surface area contributed by atoms with Crippen molar-refractivity contribution in [3.8, 4) is 0 Å². The van der Waals surface area contributed by atoms with Crippen molar-refractivity contribution in [3.63, 3.8) is 0 Å². The molecule has 0 atom stereocenters. The van der Waals surface area contributed by atoms with E-state index in [1.807, 2.05) is 13.8 Å². The highest BCUT2D eigenvalue weighted by atomic mass is 15.2. The van der Waals surface area contributed by atoms with Gasteiger partial charge in [0.15, 0.2) is 5.84 Å². The van der Waals surface area contributed by atoms with Crippen molar-refractivity contribution in [1.82, 2.24) is 0 Å². The van der Waals surface area contributed by atoms with Crippen molar-refractivity contribution in [2.45, 2.75) is 13.8 Å². The minimum Gasteiger partial charge on any atom is -0.321 e. The van der Waals surface area contributed by atoms with Gasteiger partial charge >= 0.3 is 0 Å². The van der Waals surface area contributed by atoms with E-state index in [9.17, 15) is 0 Å². The molecule has 0 amide bonds. The van der Waals surface area contributed by atoms with Crippen LogP contribution in [-0.4, -0.2) is 12.9 Å². The van der Waals surface area contributed by atoms with Crippen molar-refractivity contribution in [1.29, 1.82) is 0 Å². The van der Waals surface area contributed by atoms with Gasteiger partial charge in [0.1, 0.15) is 0 Å². The maximum atomic E-state index is 4.99. The molecule has 0 aromatic carbocycles. The van der Waals surface area contributed by atoms with Gasteiger partial charge in [0.2, 0.25) is 0 Å². The summed E-state index contributed by atoms with van der Waals surface area (Å²) in [6.45, 7) is 3.92. The largest absolute Gasteiger partial charge is 0.321 e. The van der Waals surface area contributed by atoms with Gasteiger partial charge in [0.05, 0.1) is 0 Å². The van der Waals surface area contributed by atoms with Crippen LogP contribution in [-0.2, 0) is 0 Å². The molecule has 0 rings (SSSR count). The standard InChI is InChI=1S/C5H12N4/c1-4(2)5(8-6)9-7-3/h4H,6H2,1-3H3/b8-5-,9-7-. The van der Waals surface area contributed by atoms with E-state index in [4.69, 9.17) is 5.84 Å². The Morgan fingerprint density at radius 3 is 2.11 bits per heavy atom. The Balaban J connectivity index is 4.01. The van der Waals surface area contributed by atoms with Crippen LogP contribution in [0.2, 0.25) is 0 Å². The van der Waals surface area contributed by atoms with E-state index in [2.05, 4.69) is 15.3 Å². The second-order valence-corrected chi connectivity index (χ2v) is 1.94. The monoisotopic (exact) mass is 128 g/mol. The third-order valence-electron chi connectivity index (χ3n) is 0.851. The molecule has 52 valence electrons. The summed E-state index contributed by atoms with van der Waals surface area (Å²) < 4.78 is 0. The molecule has 9 heavy (non-hydrogen) atoms. The van der Waals surface area contributed by atoms with E-state index in [0.29, 0.717) is 5.84 Å². The molecule has 0 spiro atoms. The molecule has 0 fully saturated rings. The minimum atomic E-state index is 0.249. The van der Waals surface area contributed by atoms with Crippen LogP contribution in [0.5, 0.6) is 0 Å². The van der Waals surface area contributed by atoms with Crippen LogP contribution < -0.4 is 5.84 Å². The van der Waals surface area contributed by atoms with Gasteiger partial charge < -0.3 is 5.84 Å². The first-order valence-electron chi connectivity index (χ1n) is 2.80. The predicted octanol–water partition coefficient (Wildman–Crippen LogP) is 0.997. The average Bonchev–Trinajstić information content (AvgIpc) is 1.82. The molecule has 0 saturated carbocycles. The van der Waals surface area contributed by atoms with Crippen LogP contribution in [0.1, 0.15) is 13.8 Å². The lowest BCUT2D eigenvalue weighted by Crippen LogP contribution is -2.05. The lowest BCUT2D eigenvalue weighted by atomic mass is 10.2. The molecule has 0 radical (unpaired) electrons. The highest BCUT2D eigenvalue weighted by molar-refractivity contribution is 5.83. The Labute approximate surface area is 54.9 Å². The highest BCUT2D eigenvalue weighted by Crippen LogP contribution is 1.96. The molecular formula is C5H12N4. The first-order chi connectivity index (χ1) is 4.22. The van der Waals surface area contributed by atoms with Gasteiger partial charge in [-0.05, 0) is 0 Å². The molecule has 0 aliphatic carbocycles. The number of nitrogens with zero attached hydrogens (tertiary/aromatic N) is 3. The zero-order valence-corrected chi connectivity index (χ0v) is 6.00. The lowest BCUT2D eigenvalue weighted by Gasteiger charge is -1.98. The second-order valence-electron chi connectivity index (χ2n) is 1.94. The summed E-state index contributed by atoms with van der Waals surface area (Å²) in [5, 5.41) is 10.7. The van der Waals surface area contributed by atoms with Gasteiger partial charge in [-0.3, -0.25) is 0 Å². The fourth-order valence-electron chi connectivity index (χ4n) is 0.393. The molecule has 4 nitrogen and oxygen atoms in total. The van der Waals surface area contributed by atoms with E-state index < -0.39 is 0 Å². The van der Waals surface area contributed by atoms with Crippen molar-refractivity contribution in [2.75, 3.05) is 7.05 Å². The fraction of sp³-hybridized carbons (Fsp3) is 0.800. The maximum Gasteiger partial charge on any atom is 0.172 e. The normalized spacial score (nSPS) is 13.6. The zero-order chi connectivity index (χ0) is 7.28. The number of hydrogen-bond acceptors (Lipinski definition) is 3. The van der Waals surface area contributed by atoms with Gasteiger partial charge in [-0.1, -0.05) is 13.8 Å². The summed E-state index contributed by atoms with van der Waals surface area (Å²) in [6.07, 6.45) is 0. The molecule has 2 N–H and O–H groups in total. The molecule has 0 saturated heterocycles. The molecule has 0 aliphatic rings. The average molecular weight is 128 g/mol. The number of azo groups is 1. The van der Waals surface area contributed by atoms with Gasteiger partial charge in [-0.25, -0.2) is 0 Å². The Kier molecular flexibility index (Phi) is 3.59. The summed E-state index contributed by atoms with van der Waals surface area (Å²) in [5.41, 5.74) is 0. The van der Waals surface area contributed by atoms with Gasteiger partial charge in [-0.15, -0.1) is 5.11 Å². The first kappa shape index (κ1) is 8.07. The molecule has 0 aromatic heterocycles. The third-order valence-corrected chi connectivity index (χ3v) is 0.851. The van der Waals surface area contributed by atoms with Crippen LogP contribution in [0.25, 0.3) is 0 Å². The van der Waals surface area contributed by atoms with Crippen LogP contribution >= 0.6 is 0 Å². The predicted molar refractivity (Wildman–Crippen MR) is 37.2 cm³/mol. The summed E-state index contributed by atoms with van der Waals surface area (Å²) in [7, 11) is 1.59. The SMILES string of the molecule is C/N=N\C(=N/N)C(C)C. The Hall–Kier alpha value is -0.930. The number of nitrogens with two attached hydrogens (primary N) is 1. The summed E-state index contributed by atoms with van der Waals surface area (Å²) in [4.78, 5) is 0. The van der Waals surface area contributed by atoms with Gasteiger partial charge in [-0.2, -0.15) is 10.2 Å². The lowest BCUT2D eigenvalue weighted by molar-refractivity contribution is 0.851. The molecule has 4 heteroatoms. The van der Waals surface area contributed by atoms with Gasteiger partial charge in [0.25, 0.3) is 0 Å². The van der Waals surface area contributed by atoms with Crippen molar-refractivity contribution in [3.05, 3.63) is 0 Å². The smallest absolute Gasteiger partial charge is 0.172 e. The van der Waals surface area contributed by atoms with E-state index in [-0.39, 0.29) is 5.92 Å². The van der Waals surface area contributed by atoms with Crippen LogP contribution in [0, 0.1) is 5.92 Å². The van der Waals surface area contributed by atoms with Crippen LogP contribution in [0.4, 0.5) is 0 Å². The summed E-state index contributed by atoms with van der Waals surface area (Å²) in [6, 6.07) is 0. The van der Waals surface area contributed by atoms with Crippen LogP contribution in [0.3, 0.4) is 0 Å². The molecule has 0 unspecified atom stereocenters. The molecule has 0 aliphatic heterocycles. The number of amidine groups is 1. The Morgan fingerprint density at radius 1 is 1.44 bits per heavy atom. The maximum absolute atomic E-state index is 4.99. The molecule has 0 aromatic rings. The molecule has 0 bridgehead atoms. The fourth-order valence-corrected chi connectivity index (χ4v) is 0.393. The van der Waals surface area contributed by atoms with Crippen LogP contribution in [0.15, 0.2) is 15.3 Å². The first-order valence-corrected chi connectivity index (χ1v) is 2.80. The number of hydrogen-bond donors (Lipinski definition) is 1. The van der Waals surface area contributed by atoms with Gasteiger partial charge in [0, 0.05) is 13.0 Å². The third kappa shape index (κ3) is 2.79. The quantitative estimate of drug-likeness (QED) is 0.185. The van der Waals surface area contributed by atoms with Crippen molar-refractivity contribution in [2.24, 2.45) is 27.1 Å². The number of hydrazone groups is 1. The van der Waals surface area contributed by atoms with Crippen molar-refractivity contribution < 1.29 is 0 Å². The van der Waals surface area contributed by atoms with E-state index in [1.165, 1.54) is 0 Å². The van der Waals surface area contributed by atoms with E-state index >= 15 is 0 Å². The topological polar surface area (TPSA) is 63.1 Å². The molecular weight excluding hydrogens is 116 g/mol. The minimum absolute atomic E-state index is 0.249.